The van der Waals surface area contributed by atoms with E-state index in [1.54, 1.807) is 0 Å². The minimum Gasteiger partial charge on any atom is -0.305 e. The minimum absolute atomic E-state index is 0.172. The second-order valence-corrected chi connectivity index (χ2v) is 6.30. The molecular formula is C17H30N4. The monoisotopic (exact) mass is 290 g/mol. The molecule has 1 saturated heterocycles. The van der Waals surface area contributed by atoms with Crippen LogP contribution in [0.15, 0.2) is 24.3 Å². The van der Waals surface area contributed by atoms with Crippen LogP contribution < -0.4 is 11.3 Å². The molecule has 2 rings (SSSR count). The largest absolute Gasteiger partial charge is 0.305 e. The van der Waals surface area contributed by atoms with Gasteiger partial charge in [-0.1, -0.05) is 37.6 Å². The third-order valence-electron chi connectivity index (χ3n) is 4.56. The zero-order valence-corrected chi connectivity index (χ0v) is 13.7. The summed E-state index contributed by atoms with van der Waals surface area (Å²) in [5, 5.41) is 0. The molecule has 0 amide bonds. The Morgan fingerprint density at radius 3 is 2.57 bits per heavy atom. The van der Waals surface area contributed by atoms with E-state index in [-0.39, 0.29) is 6.04 Å². The predicted molar refractivity (Wildman–Crippen MR) is 89.0 cm³/mol. The van der Waals surface area contributed by atoms with Crippen molar-refractivity contribution < 1.29 is 0 Å². The molecule has 0 spiro atoms. The first-order valence-corrected chi connectivity index (χ1v) is 8.09. The van der Waals surface area contributed by atoms with Crippen LogP contribution in [-0.2, 0) is 6.42 Å². The van der Waals surface area contributed by atoms with Crippen LogP contribution in [0, 0.1) is 0 Å². The number of nitrogens with zero attached hydrogens (tertiary/aromatic N) is 2. The number of rotatable bonds is 5. The van der Waals surface area contributed by atoms with Gasteiger partial charge in [0.25, 0.3) is 0 Å². The molecule has 21 heavy (non-hydrogen) atoms. The van der Waals surface area contributed by atoms with Crippen molar-refractivity contribution in [3.63, 3.8) is 0 Å². The number of nitrogens with two attached hydrogens (primary N) is 1. The first kappa shape index (κ1) is 16.4. The fourth-order valence-corrected chi connectivity index (χ4v) is 3.28. The quantitative estimate of drug-likeness (QED) is 0.641. The van der Waals surface area contributed by atoms with E-state index in [9.17, 15) is 0 Å². The van der Waals surface area contributed by atoms with Gasteiger partial charge < -0.3 is 9.80 Å². The summed E-state index contributed by atoms with van der Waals surface area (Å²) in [6.07, 6.45) is 3.55. The SMILES string of the molecule is CCCc1ccc(C(NN)C2CN(C)CCCN2C)cc1. The lowest BCUT2D eigenvalue weighted by molar-refractivity contribution is 0.178. The Kier molecular flexibility index (Phi) is 6.18. The third kappa shape index (κ3) is 4.27. The molecule has 1 aliphatic rings. The van der Waals surface area contributed by atoms with Crippen LogP contribution in [0.25, 0.3) is 0 Å². The van der Waals surface area contributed by atoms with Crippen LogP contribution in [0.3, 0.4) is 0 Å². The predicted octanol–water partition coefficient (Wildman–Crippen LogP) is 1.78. The van der Waals surface area contributed by atoms with Gasteiger partial charge in [-0.25, -0.2) is 0 Å². The summed E-state index contributed by atoms with van der Waals surface area (Å²) < 4.78 is 0. The van der Waals surface area contributed by atoms with Gasteiger partial charge in [-0.3, -0.25) is 11.3 Å². The maximum Gasteiger partial charge on any atom is 0.0627 e. The number of benzene rings is 1. The Balaban J connectivity index is 2.16. The summed E-state index contributed by atoms with van der Waals surface area (Å²) in [7, 11) is 4.41. The molecule has 1 aliphatic heterocycles. The smallest absolute Gasteiger partial charge is 0.0627 e. The van der Waals surface area contributed by atoms with E-state index in [0.717, 1.165) is 26.1 Å². The summed E-state index contributed by atoms with van der Waals surface area (Å²) in [6, 6.07) is 9.51. The van der Waals surface area contributed by atoms with Gasteiger partial charge in [0.05, 0.1) is 6.04 Å². The zero-order valence-electron chi connectivity index (χ0n) is 13.7. The molecule has 0 bridgehead atoms. The molecule has 2 atom stereocenters. The van der Waals surface area contributed by atoms with Gasteiger partial charge in [0.2, 0.25) is 0 Å². The number of likely N-dealkylation sites (N-methyl/N-ethyl adjacent to an activating group) is 2. The topological polar surface area (TPSA) is 44.5 Å². The van der Waals surface area contributed by atoms with Crippen molar-refractivity contribution in [3.05, 3.63) is 35.4 Å². The van der Waals surface area contributed by atoms with Gasteiger partial charge in [-0.15, -0.1) is 0 Å². The minimum atomic E-state index is 0.172. The Labute approximate surface area is 129 Å². The van der Waals surface area contributed by atoms with Crippen molar-refractivity contribution in [2.45, 2.75) is 38.3 Å². The maximum absolute atomic E-state index is 5.90. The van der Waals surface area contributed by atoms with E-state index in [4.69, 9.17) is 5.84 Å². The number of hydrazine groups is 1. The van der Waals surface area contributed by atoms with Crippen molar-refractivity contribution in [2.75, 3.05) is 33.7 Å². The number of nitrogens with one attached hydrogen (secondary N) is 1. The van der Waals surface area contributed by atoms with Crippen molar-refractivity contribution in [1.82, 2.24) is 15.2 Å². The van der Waals surface area contributed by atoms with Crippen molar-refractivity contribution >= 4 is 0 Å². The highest BCUT2D eigenvalue weighted by Gasteiger charge is 2.28. The van der Waals surface area contributed by atoms with E-state index in [2.05, 4.69) is 60.5 Å². The van der Waals surface area contributed by atoms with E-state index in [1.807, 2.05) is 0 Å². The van der Waals surface area contributed by atoms with Crippen LogP contribution in [-0.4, -0.2) is 49.6 Å². The number of aryl methyl sites for hydroxylation is 1. The van der Waals surface area contributed by atoms with E-state index in [1.165, 1.54) is 24.0 Å². The molecular weight excluding hydrogens is 260 g/mol. The van der Waals surface area contributed by atoms with Crippen LogP contribution in [0.1, 0.15) is 36.9 Å². The summed E-state index contributed by atoms with van der Waals surface area (Å²) in [5.41, 5.74) is 5.74. The Morgan fingerprint density at radius 1 is 1.24 bits per heavy atom. The molecule has 0 saturated carbocycles. The standard InChI is InChI=1S/C17H30N4/c1-4-6-14-7-9-15(10-8-14)17(19-18)16-13-20(2)11-5-12-21(16)3/h7-10,16-17,19H,4-6,11-13,18H2,1-3H3. The highest BCUT2D eigenvalue weighted by molar-refractivity contribution is 5.26. The Hall–Kier alpha value is -0.940. The average Bonchev–Trinajstić information content (AvgIpc) is 2.64. The molecule has 118 valence electrons. The normalized spacial score (nSPS) is 23.0. The van der Waals surface area contributed by atoms with Crippen LogP contribution in [0.5, 0.6) is 0 Å². The fourth-order valence-electron chi connectivity index (χ4n) is 3.28. The van der Waals surface area contributed by atoms with E-state index >= 15 is 0 Å². The van der Waals surface area contributed by atoms with Crippen LogP contribution in [0.2, 0.25) is 0 Å². The van der Waals surface area contributed by atoms with E-state index in [0.29, 0.717) is 6.04 Å². The molecule has 0 radical (unpaired) electrons. The van der Waals surface area contributed by atoms with Crippen LogP contribution >= 0.6 is 0 Å². The van der Waals surface area contributed by atoms with Gasteiger partial charge in [-0.05, 0) is 51.2 Å². The molecule has 1 aromatic carbocycles. The third-order valence-corrected chi connectivity index (χ3v) is 4.56. The molecule has 2 unspecified atom stereocenters. The Morgan fingerprint density at radius 2 is 1.95 bits per heavy atom. The summed E-state index contributed by atoms with van der Waals surface area (Å²) in [5.74, 6) is 5.90. The fraction of sp³-hybridized carbons (Fsp3) is 0.647. The summed E-state index contributed by atoms with van der Waals surface area (Å²) in [6.45, 7) is 5.55. The maximum atomic E-state index is 5.90. The molecule has 4 heteroatoms. The van der Waals surface area contributed by atoms with Gasteiger partial charge in [0.1, 0.15) is 0 Å². The van der Waals surface area contributed by atoms with Gasteiger partial charge >= 0.3 is 0 Å². The van der Waals surface area contributed by atoms with Gasteiger partial charge in [0.15, 0.2) is 0 Å². The average molecular weight is 290 g/mol. The van der Waals surface area contributed by atoms with Crippen molar-refractivity contribution in [2.24, 2.45) is 5.84 Å². The second kappa shape index (κ2) is 7.90. The molecule has 0 aromatic heterocycles. The van der Waals surface area contributed by atoms with Crippen molar-refractivity contribution in [1.29, 1.82) is 0 Å². The molecule has 4 nitrogen and oxygen atoms in total. The molecule has 3 N–H and O–H groups in total. The Bertz CT molecular complexity index is 417. The lowest BCUT2D eigenvalue weighted by atomic mass is 9.96. The molecule has 1 aromatic rings. The highest BCUT2D eigenvalue weighted by Crippen LogP contribution is 2.23. The lowest BCUT2D eigenvalue weighted by Gasteiger charge is -2.34. The number of hydrogen-bond acceptors (Lipinski definition) is 4. The lowest BCUT2D eigenvalue weighted by Crippen LogP contribution is -2.48. The van der Waals surface area contributed by atoms with Crippen molar-refractivity contribution in [3.8, 4) is 0 Å². The highest BCUT2D eigenvalue weighted by atomic mass is 15.3. The van der Waals surface area contributed by atoms with Crippen LogP contribution in [0.4, 0.5) is 0 Å². The van der Waals surface area contributed by atoms with E-state index < -0.39 is 0 Å². The number of hydrogen-bond donors (Lipinski definition) is 2. The summed E-state index contributed by atoms with van der Waals surface area (Å²) >= 11 is 0. The second-order valence-electron chi connectivity index (χ2n) is 6.30. The van der Waals surface area contributed by atoms with Gasteiger partial charge in [0, 0.05) is 12.6 Å². The zero-order chi connectivity index (χ0) is 15.2. The molecule has 0 aliphatic carbocycles. The van der Waals surface area contributed by atoms with Gasteiger partial charge in [-0.2, -0.15) is 0 Å². The summed E-state index contributed by atoms with van der Waals surface area (Å²) in [4.78, 5) is 4.85. The first-order chi connectivity index (χ1) is 10.2. The molecule has 1 fully saturated rings. The first-order valence-electron chi connectivity index (χ1n) is 8.09. The molecule has 1 heterocycles.